The van der Waals surface area contributed by atoms with Crippen molar-refractivity contribution in [3.05, 3.63) is 29.6 Å². The number of nitrogens with zero attached hydrogens (tertiary/aromatic N) is 2. The summed E-state index contributed by atoms with van der Waals surface area (Å²) in [5.41, 5.74) is 0.747. The molecule has 2 aromatic heterocycles. The van der Waals surface area contributed by atoms with Crippen LogP contribution in [0.3, 0.4) is 0 Å². The molecule has 0 bridgehead atoms. The zero-order chi connectivity index (χ0) is 20.7. The summed E-state index contributed by atoms with van der Waals surface area (Å²) in [6.45, 7) is 1.69. The maximum absolute atomic E-state index is 12.7. The molecule has 3 aromatic rings. The van der Waals surface area contributed by atoms with Gasteiger partial charge in [0.1, 0.15) is 17.4 Å². The van der Waals surface area contributed by atoms with Gasteiger partial charge in [0, 0.05) is 31.1 Å². The average Bonchev–Trinajstić information content (AvgIpc) is 3.42. The largest absolute Gasteiger partial charge is 0.486 e. The van der Waals surface area contributed by atoms with Crippen molar-refractivity contribution in [3.8, 4) is 11.5 Å². The van der Waals surface area contributed by atoms with Crippen molar-refractivity contribution in [2.45, 2.75) is 17.1 Å². The Bertz CT molecular complexity index is 1140. The lowest BCUT2D eigenvalue weighted by atomic mass is 9.97. The van der Waals surface area contributed by atoms with Gasteiger partial charge in [-0.05, 0) is 24.3 Å². The molecule has 2 aliphatic heterocycles. The Morgan fingerprint density at radius 3 is 2.60 bits per heavy atom. The number of ether oxygens (including phenoxy) is 2. The molecule has 1 amide bonds. The minimum absolute atomic E-state index is 0.125. The van der Waals surface area contributed by atoms with E-state index in [4.69, 9.17) is 9.47 Å². The van der Waals surface area contributed by atoms with Crippen LogP contribution in [0.2, 0.25) is 0 Å². The zero-order valence-corrected chi connectivity index (χ0v) is 18.3. The molecule has 4 heterocycles. The second kappa shape index (κ2) is 7.80. The minimum Gasteiger partial charge on any atom is -0.486 e. The van der Waals surface area contributed by atoms with E-state index in [2.05, 4.69) is 10.3 Å². The van der Waals surface area contributed by atoms with Crippen molar-refractivity contribution < 1.29 is 22.7 Å². The first kappa shape index (κ1) is 19.7. The van der Waals surface area contributed by atoms with E-state index in [1.165, 1.54) is 27.0 Å². The van der Waals surface area contributed by atoms with Gasteiger partial charge in [-0.2, -0.15) is 4.31 Å². The van der Waals surface area contributed by atoms with Crippen molar-refractivity contribution in [1.29, 1.82) is 0 Å². The van der Waals surface area contributed by atoms with Crippen molar-refractivity contribution in [2.75, 3.05) is 31.6 Å². The van der Waals surface area contributed by atoms with Crippen LogP contribution < -0.4 is 14.8 Å². The van der Waals surface area contributed by atoms with E-state index in [9.17, 15) is 13.2 Å². The van der Waals surface area contributed by atoms with E-state index >= 15 is 0 Å². The number of anilines is 1. The van der Waals surface area contributed by atoms with Crippen LogP contribution in [0.4, 0.5) is 5.13 Å². The first-order valence-corrected chi connectivity index (χ1v) is 12.7. The third-order valence-electron chi connectivity index (χ3n) is 5.20. The molecule has 2 aliphatic rings. The molecule has 158 valence electrons. The number of nitrogens with one attached hydrogen (secondary N) is 1. The summed E-state index contributed by atoms with van der Waals surface area (Å²) >= 11 is 2.59. The fourth-order valence-corrected chi connectivity index (χ4v) is 7.11. The summed E-state index contributed by atoms with van der Waals surface area (Å²) in [6, 6.07) is 7.04. The Kier molecular flexibility index (Phi) is 5.13. The normalized spacial score (nSPS) is 17.9. The van der Waals surface area contributed by atoms with Gasteiger partial charge in [0.25, 0.3) is 10.0 Å². The number of thiazole rings is 1. The summed E-state index contributed by atoms with van der Waals surface area (Å²) in [6.07, 6.45) is 0.967. The van der Waals surface area contributed by atoms with Gasteiger partial charge in [-0.1, -0.05) is 17.4 Å². The molecule has 0 unspecified atom stereocenters. The van der Waals surface area contributed by atoms with E-state index < -0.39 is 10.0 Å². The van der Waals surface area contributed by atoms with Crippen LogP contribution in [0, 0.1) is 5.92 Å². The molecule has 0 saturated carbocycles. The van der Waals surface area contributed by atoms with E-state index in [1.807, 2.05) is 12.1 Å². The highest BCUT2D eigenvalue weighted by Crippen LogP contribution is 2.38. The molecule has 1 aromatic carbocycles. The predicted octanol–water partition coefficient (Wildman–Crippen LogP) is 3.17. The first-order valence-electron chi connectivity index (χ1n) is 9.55. The number of hydrogen-bond donors (Lipinski definition) is 1. The molecule has 1 N–H and O–H groups in total. The molecule has 0 atom stereocenters. The van der Waals surface area contributed by atoms with Crippen LogP contribution >= 0.6 is 22.7 Å². The van der Waals surface area contributed by atoms with Gasteiger partial charge in [0.2, 0.25) is 5.91 Å². The smallest absolute Gasteiger partial charge is 0.252 e. The SMILES string of the molecule is O=C(Nc1nc2cc3c(cc2s1)OCCO3)C1CCN(S(=O)(=O)c2cccs2)CC1. The fourth-order valence-electron chi connectivity index (χ4n) is 3.62. The third-order valence-corrected chi connectivity index (χ3v) is 9.40. The van der Waals surface area contributed by atoms with Crippen molar-refractivity contribution in [1.82, 2.24) is 9.29 Å². The highest BCUT2D eigenvalue weighted by molar-refractivity contribution is 7.91. The topological polar surface area (TPSA) is 97.8 Å². The molecule has 30 heavy (non-hydrogen) atoms. The molecule has 11 heteroatoms. The van der Waals surface area contributed by atoms with Gasteiger partial charge < -0.3 is 14.8 Å². The molecular weight excluding hydrogens is 446 g/mol. The van der Waals surface area contributed by atoms with Crippen LogP contribution in [0.5, 0.6) is 11.5 Å². The van der Waals surface area contributed by atoms with Crippen molar-refractivity contribution in [3.63, 3.8) is 0 Å². The fraction of sp³-hybridized carbons (Fsp3) is 0.368. The van der Waals surface area contributed by atoms with E-state index in [0.29, 0.717) is 60.0 Å². The second-order valence-electron chi connectivity index (χ2n) is 7.08. The third kappa shape index (κ3) is 3.66. The lowest BCUT2D eigenvalue weighted by Crippen LogP contribution is -2.41. The molecular formula is C19H19N3O5S3. The number of rotatable bonds is 4. The van der Waals surface area contributed by atoms with Crippen LogP contribution in [-0.4, -0.2) is 49.9 Å². The molecule has 1 saturated heterocycles. The Morgan fingerprint density at radius 2 is 1.90 bits per heavy atom. The standard InChI is InChI=1S/C19H19N3O5S3/c23-18(12-3-5-22(6-4-12)30(24,25)17-2-1-9-28-17)21-19-20-13-10-14-15(11-16(13)29-19)27-8-7-26-14/h1-2,9-12H,3-8H2,(H,20,21,23). The van der Waals surface area contributed by atoms with E-state index in [-0.39, 0.29) is 11.8 Å². The number of carbonyl (C=O) groups excluding carboxylic acids is 1. The van der Waals surface area contributed by atoms with Gasteiger partial charge in [0.15, 0.2) is 16.6 Å². The maximum atomic E-state index is 12.7. The zero-order valence-electron chi connectivity index (χ0n) is 15.9. The lowest BCUT2D eigenvalue weighted by Gasteiger charge is -2.29. The Morgan fingerprint density at radius 1 is 1.17 bits per heavy atom. The summed E-state index contributed by atoms with van der Waals surface area (Å²) in [7, 11) is -3.47. The molecule has 8 nitrogen and oxygen atoms in total. The van der Waals surface area contributed by atoms with Crippen molar-refractivity contribution in [2.24, 2.45) is 5.92 Å². The van der Waals surface area contributed by atoms with E-state index in [0.717, 1.165) is 10.2 Å². The van der Waals surface area contributed by atoms with Crippen LogP contribution in [0.15, 0.2) is 33.9 Å². The number of fused-ring (bicyclic) bond motifs is 2. The van der Waals surface area contributed by atoms with E-state index in [1.54, 1.807) is 17.5 Å². The number of piperidine rings is 1. The minimum atomic E-state index is -3.47. The number of amides is 1. The maximum Gasteiger partial charge on any atom is 0.252 e. The number of thiophene rings is 1. The number of hydrogen-bond acceptors (Lipinski definition) is 8. The van der Waals surface area contributed by atoms with Crippen LogP contribution in [-0.2, 0) is 14.8 Å². The van der Waals surface area contributed by atoms with Crippen LogP contribution in [0.1, 0.15) is 12.8 Å². The molecule has 0 radical (unpaired) electrons. The Labute approximate surface area is 181 Å². The molecule has 1 fully saturated rings. The van der Waals surface area contributed by atoms with Gasteiger partial charge in [-0.3, -0.25) is 4.79 Å². The number of aromatic nitrogens is 1. The highest BCUT2D eigenvalue weighted by Gasteiger charge is 2.32. The number of carbonyl (C=O) groups is 1. The van der Waals surface area contributed by atoms with Crippen LogP contribution in [0.25, 0.3) is 10.2 Å². The summed E-state index contributed by atoms with van der Waals surface area (Å²) < 4.78 is 39.2. The lowest BCUT2D eigenvalue weighted by molar-refractivity contribution is -0.120. The number of sulfonamides is 1. The van der Waals surface area contributed by atoms with Gasteiger partial charge in [-0.25, -0.2) is 13.4 Å². The molecule has 5 rings (SSSR count). The predicted molar refractivity (Wildman–Crippen MR) is 115 cm³/mol. The summed E-state index contributed by atoms with van der Waals surface area (Å²) in [4.78, 5) is 17.2. The van der Waals surface area contributed by atoms with Gasteiger partial charge in [0.05, 0.1) is 10.2 Å². The second-order valence-corrected chi connectivity index (χ2v) is 11.2. The first-order chi connectivity index (χ1) is 14.5. The summed E-state index contributed by atoms with van der Waals surface area (Å²) in [5, 5.41) is 5.16. The van der Waals surface area contributed by atoms with Gasteiger partial charge >= 0.3 is 0 Å². The summed E-state index contributed by atoms with van der Waals surface area (Å²) in [5.74, 6) is 0.983. The Balaban J connectivity index is 1.24. The molecule has 0 aliphatic carbocycles. The molecule has 0 spiro atoms. The van der Waals surface area contributed by atoms with Gasteiger partial charge in [-0.15, -0.1) is 11.3 Å². The quantitative estimate of drug-likeness (QED) is 0.636. The average molecular weight is 466 g/mol. The van der Waals surface area contributed by atoms with Crippen molar-refractivity contribution >= 4 is 54.0 Å². The monoisotopic (exact) mass is 465 g/mol. The number of benzene rings is 1. The Hall–Kier alpha value is -2.21. The highest BCUT2D eigenvalue weighted by atomic mass is 32.2.